The first-order chi connectivity index (χ1) is 14.1. The third-order valence-corrected chi connectivity index (χ3v) is 5.32. The highest BCUT2D eigenvalue weighted by atomic mass is 32.1. The third kappa shape index (κ3) is 4.64. The first kappa shape index (κ1) is 19.2. The number of aliphatic hydroxyl groups excluding tert-OH is 1. The number of benzene rings is 2. The number of furan rings is 1. The Balaban J connectivity index is 1.32. The summed E-state index contributed by atoms with van der Waals surface area (Å²) in [7, 11) is 0. The number of nitrogens with one attached hydrogen (secondary N) is 1. The van der Waals surface area contributed by atoms with E-state index >= 15 is 0 Å². The number of nitrogens with zero attached hydrogens (tertiary/aromatic N) is 1. The molecule has 148 valence electrons. The highest BCUT2D eigenvalue weighted by Gasteiger charge is 2.16. The topological polar surface area (TPSA) is 84.6 Å². The standard InChI is InChI=1S/C22H20N2O4S/c1-14-5-4-6-16(11-14)27-13-15(25)12-23-21(26)18-9-10-19(28-18)22-24-17-7-2-3-8-20(17)29-22/h2-11,15,25H,12-13H2,1H3,(H,23,26). The van der Waals surface area contributed by atoms with E-state index in [0.29, 0.717) is 11.5 Å². The van der Waals surface area contributed by atoms with E-state index in [9.17, 15) is 9.90 Å². The van der Waals surface area contributed by atoms with Crippen LogP contribution in [0.2, 0.25) is 0 Å². The highest BCUT2D eigenvalue weighted by Crippen LogP contribution is 2.31. The van der Waals surface area contributed by atoms with Gasteiger partial charge >= 0.3 is 0 Å². The Morgan fingerprint density at radius 1 is 1.21 bits per heavy atom. The quantitative estimate of drug-likeness (QED) is 0.482. The van der Waals surface area contributed by atoms with E-state index in [4.69, 9.17) is 9.15 Å². The van der Waals surface area contributed by atoms with Crippen molar-refractivity contribution >= 4 is 27.5 Å². The molecule has 29 heavy (non-hydrogen) atoms. The maximum atomic E-state index is 12.3. The second-order valence-corrected chi connectivity index (χ2v) is 7.67. The van der Waals surface area contributed by atoms with Gasteiger partial charge in [-0.1, -0.05) is 24.3 Å². The van der Waals surface area contributed by atoms with Crippen LogP contribution in [0.1, 0.15) is 16.1 Å². The number of ether oxygens (including phenoxy) is 1. The first-order valence-electron chi connectivity index (χ1n) is 9.20. The van der Waals surface area contributed by atoms with Crippen molar-refractivity contribution in [1.29, 1.82) is 0 Å². The average Bonchev–Trinajstić information content (AvgIpc) is 3.37. The number of carbonyl (C=O) groups is 1. The molecular weight excluding hydrogens is 388 g/mol. The molecule has 0 radical (unpaired) electrons. The summed E-state index contributed by atoms with van der Waals surface area (Å²) >= 11 is 1.51. The fourth-order valence-corrected chi connectivity index (χ4v) is 3.73. The average molecular weight is 408 g/mol. The zero-order valence-electron chi connectivity index (χ0n) is 15.8. The lowest BCUT2D eigenvalue weighted by atomic mass is 10.2. The molecule has 4 rings (SSSR count). The van der Waals surface area contributed by atoms with Crippen molar-refractivity contribution in [3.05, 3.63) is 72.0 Å². The number of hydrogen-bond acceptors (Lipinski definition) is 6. The van der Waals surface area contributed by atoms with Gasteiger partial charge in [0, 0.05) is 6.54 Å². The molecule has 1 atom stereocenters. The zero-order valence-corrected chi connectivity index (χ0v) is 16.6. The van der Waals surface area contributed by atoms with Crippen molar-refractivity contribution in [2.24, 2.45) is 0 Å². The van der Waals surface area contributed by atoms with Gasteiger partial charge in [-0.25, -0.2) is 4.98 Å². The summed E-state index contributed by atoms with van der Waals surface area (Å²) in [4.78, 5) is 16.8. The number of amides is 1. The van der Waals surface area contributed by atoms with E-state index in [-0.39, 0.29) is 18.9 Å². The summed E-state index contributed by atoms with van der Waals surface area (Å²) in [5.74, 6) is 1.000. The number of rotatable bonds is 7. The van der Waals surface area contributed by atoms with E-state index in [1.807, 2.05) is 55.5 Å². The molecule has 0 fully saturated rings. The van der Waals surface area contributed by atoms with E-state index < -0.39 is 12.0 Å². The number of hydrogen-bond donors (Lipinski definition) is 2. The van der Waals surface area contributed by atoms with Gasteiger partial charge in [0.2, 0.25) is 0 Å². The fraction of sp³-hybridized carbons (Fsp3) is 0.182. The Morgan fingerprint density at radius 3 is 2.90 bits per heavy atom. The van der Waals surface area contributed by atoms with Crippen molar-refractivity contribution < 1.29 is 19.1 Å². The number of para-hydroxylation sites is 1. The Hall–Kier alpha value is -3.16. The normalized spacial score (nSPS) is 12.1. The minimum Gasteiger partial charge on any atom is -0.491 e. The van der Waals surface area contributed by atoms with Gasteiger partial charge < -0.3 is 19.6 Å². The summed E-state index contributed by atoms with van der Waals surface area (Å²) in [5, 5.41) is 13.4. The van der Waals surface area contributed by atoms with Crippen LogP contribution in [0.25, 0.3) is 21.0 Å². The molecule has 0 aliphatic heterocycles. The number of carbonyl (C=O) groups excluding carboxylic acids is 1. The number of fused-ring (bicyclic) bond motifs is 1. The number of aliphatic hydroxyl groups is 1. The van der Waals surface area contributed by atoms with Crippen molar-refractivity contribution in [2.75, 3.05) is 13.2 Å². The smallest absolute Gasteiger partial charge is 0.287 e. The van der Waals surface area contributed by atoms with Crippen molar-refractivity contribution in [3.63, 3.8) is 0 Å². The molecule has 1 unspecified atom stereocenters. The molecule has 7 heteroatoms. The summed E-state index contributed by atoms with van der Waals surface area (Å²) in [6.07, 6.45) is -0.835. The van der Waals surface area contributed by atoms with Crippen LogP contribution in [0, 0.1) is 6.92 Å². The fourth-order valence-electron chi connectivity index (χ4n) is 2.81. The number of aryl methyl sites for hydroxylation is 1. The van der Waals surface area contributed by atoms with Crippen molar-refractivity contribution in [2.45, 2.75) is 13.0 Å². The Labute approximate surface area is 171 Å². The molecule has 0 spiro atoms. The highest BCUT2D eigenvalue weighted by molar-refractivity contribution is 7.21. The molecule has 4 aromatic rings. The van der Waals surface area contributed by atoms with Gasteiger partial charge in [-0.2, -0.15) is 0 Å². The Kier molecular flexibility index (Phi) is 5.59. The van der Waals surface area contributed by atoms with Crippen molar-refractivity contribution in [3.8, 4) is 16.5 Å². The van der Waals surface area contributed by atoms with Gasteiger partial charge in [-0.05, 0) is 48.9 Å². The number of thiazole rings is 1. The van der Waals surface area contributed by atoms with E-state index in [1.54, 1.807) is 12.1 Å². The summed E-state index contributed by atoms with van der Waals surface area (Å²) in [6.45, 7) is 2.11. The van der Waals surface area contributed by atoms with Gasteiger partial charge in [0.25, 0.3) is 5.91 Å². The lowest BCUT2D eigenvalue weighted by Crippen LogP contribution is -2.35. The van der Waals surface area contributed by atoms with E-state index in [1.165, 1.54) is 11.3 Å². The van der Waals surface area contributed by atoms with E-state index in [0.717, 1.165) is 20.8 Å². The zero-order chi connectivity index (χ0) is 20.2. The number of aromatic nitrogens is 1. The molecule has 0 saturated carbocycles. The third-order valence-electron chi connectivity index (χ3n) is 4.26. The SMILES string of the molecule is Cc1cccc(OCC(O)CNC(=O)c2ccc(-c3nc4ccccc4s3)o2)c1. The minimum absolute atomic E-state index is 0.0574. The van der Waals surface area contributed by atoms with Crippen LogP contribution in [0.3, 0.4) is 0 Å². The predicted molar refractivity (Wildman–Crippen MR) is 112 cm³/mol. The summed E-state index contributed by atoms with van der Waals surface area (Å²) < 4.78 is 12.3. The molecule has 6 nitrogen and oxygen atoms in total. The first-order valence-corrected chi connectivity index (χ1v) is 10.0. The molecule has 0 saturated heterocycles. The Morgan fingerprint density at radius 2 is 2.07 bits per heavy atom. The lowest BCUT2D eigenvalue weighted by molar-refractivity contribution is 0.0822. The minimum atomic E-state index is -0.835. The van der Waals surface area contributed by atoms with Crippen LogP contribution < -0.4 is 10.1 Å². The Bertz CT molecular complexity index is 1100. The van der Waals surface area contributed by atoms with E-state index in [2.05, 4.69) is 10.3 Å². The molecule has 0 aliphatic carbocycles. The summed E-state index contributed by atoms with van der Waals surface area (Å²) in [6, 6.07) is 18.7. The monoisotopic (exact) mass is 408 g/mol. The molecule has 2 aromatic carbocycles. The van der Waals surface area contributed by atoms with Gasteiger partial charge in [-0.15, -0.1) is 11.3 Å². The largest absolute Gasteiger partial charge is 0.491 e. The van der Waals surface area contributed by atoms with Crippen LogP contribution in [-0.4, -0.2) is 35.3 Å². The van der Waals surface area contributed by atoms with Gasteiger partial charge in [0.1, 0.15) is 18.5 Å². The molecule has 2 N–H and O–H groups in total. The second-order valence-electron chi connectivity index (χ2n) is 6.64. The van der Waals surface area contributed by atoms with Crippen LogP contribution in [0.5, 0.6) is 5.75 Å². The molecule has 1 amide bonds. The predicted octanol–water partition coefficient (Wildman–Crippen LogP) is 4.03. The molecular formula is C22H20N2O4S. The lowest BCUT2D eigenvalue weighted by Gasteiger charge is -2.13. The summed E-state index contributed by atoms with van der Waals surface area (Å²) in [5.41, 5.74) is 1.97. The van der Waals surface area contributed by atoms with Crippen molar-refractivity contribution in [1.82, 2.24) is 10.3 Å². The molecule has 2 aromatic heterocycles. The van der Waals surface area contributed by atoms with Crippen LogP contribution in [-0.2, 0) is 0 Å². The molecule has 2 heterocycles. The van der Waals surface area contributed by atoms with Crippen LogP contribution >= 0.6 is 11.3 Å². The van der Waals surface area contributed by atoms with Gasteiger partial charge in [-0.3, -0.25) is 4.79 Å². The molecule has 0 aliphatic rings. The molecule has 0 bridgehead atoms. The van der Waals surface area contributed by atoms with Crippen LogP contribution in [0.4, 0.5) is 0 Å². The van der Waals surface area contributed by atoms with Gasteiger partial charge in [0.05, 0.1) is 10.2 Å². The maximum absolute atomic E-state index is 12.3. The van der Waals surface area contributed by atoms with Gasteiger partial charge in [0.15, 0.2) is 16.5 Å². The van der Waals surface area contributed by atoms with Crippen LogP contribution in [0.15, 0.2) is 65.1 Å². The second kappa shape index (κ2) is 8.46. The maximum Gasteiger partial charge on any atom is 0.287 e.